The Balaban J connectivity index is 1.30. The number of hydrogen-bond donors (Lipinski definition) is 2. The number of morpholine rings is 1. The van der Waals surface area contributed by atoms with Crippen LogP contribution in [0.15, 0.2) is 55.4 Å². The van der Waals surface area contributed by atoms with E-state index in [1.54, 1.807) is 42.3 Å². The first-order valence-electron chi connectivity index (χ1n) is 13.5. The number of anilines is 3. The molecule has 2 N–H and O–H groups in total. The third-order valence-electron chi connectivity index (χ3n) is 7.80. The summed E-state index contributed by atoms with van der Waals surface area (Å²) in [6.07, 6.45) is 7.79. The maximum Gasteiger partial charge on any atom is 0.323 e. The zero-order valence-corrected chi connectivity index (χ0v) is 23.2. The number of hydrogen-bond acceptors (Lipinski definition) is 8. The monoisotopic (exact) mass is 563 g/mol. The molecule has 12 heteroatoms. The highest BCUT2D eigenvalue weighted by Crippen LogP contribution is 2.56. The number of carbonyl (C=O) groups excluding carboxylic acids is 1. The first-order chi connectivity index (χ1) is 19.3. The summed E-state index contributed by atoms with van der Waals surface area (Å²) in [7, 11) is -1.76. The molecule has 40 heavy (non-hydrogen) atoms. The van der Waals surface area contributed by atoms with Crippen LogP contribution in [0.2, 0.25) is 0 Å². The topological polar surface area (TPSA) is 131 Å². The normalized spacial score (nSPS) is 19.1. The van der Waals surface area contributed by atoms with Crippen molar-refractivity contribution < 1.29 is 17.9 Å². The van der Waals surface area contributed by atoms with Gasteiger partial charge in [0.25, 0.3) is 0 Å². The van der Waals surface area contributed by atoms with E-state index in [2.05, 4.69) is 27.2 Å². The Kier molecular flexibility index (Phi) is 6.83. The molecule has 2 saturated carbocycles. The van der Waals surface area contributed by atoms with Crippen LogP contribution in [-0.2, 0) is 26.4 Å². The van der Waals surface area contributed by atoms with Gasteiger partial charge in [0, 0.05) is 43.7 Å². The molecule has 1 atom stereocenters. The van der Waals surface area contributed by atoms with E-state index in [0.29, 0.717) is 67.9 Å². The summed E-state index contributed by atoms with van der Waals surface area (Å²) >= 11 is 0. The van der Waals surface area contributed by atoms with Crippen LogP contribution in [0.1, 0.15) is 31.4 Å². The number of ether oxygens (including phenoxy) is 1. The quantitative estimate of drug-likeness (QED) is 0.377. The van der Waals surface area contributed by atoms with Crippen LogP contribution >= 0.6 is 0 Å². The van der Waals surface area contributed by atoms with E-state index in [-0.39, 0.29) is 11.9 Å². The smallest absolute Gasteiger partial charge is 0.323 e. The summed E-state index contributed by atoms with van der Waals surface area (Å²) in [5.74, 6) is 1.30. The average molecular weight is 564 g/mol. The molecule has 3 aliphatic rings. The molecule has 0 spiro atoms. The Bertz CT molecular complexity index is 1520. The Morgan fingerprint density at radius 2 is 1.82 bits per heavy atom. The fourth-order valence-corrected chi connectivity index (χ4v) is 7.91. The van der Waals surface area contributed by atoms with Crippen molar-refractivity contribution in [2.45, 2.75) is 35.7 Å². The SMILES string of the molecule is C=CC(C1CC1)S(=O)(=O)C1(c2cc(N3CCOCC3)nc(-c3ccc(NC(=O)Nc4cnn(C)c4)cc3)n2)CC1. The standard InChI is InChI=1S/C28H33N7O4S/c1-3-23(19-4-5-19)40(37,38)28(10-11-28)24-16-25(35-12-14-39-15-13-35)33-26(32-24)20-6-8-21(9-7-20)30-27(36)31-22-17-29-34(2)18-22/h3,6-9,16-19,23H,1,4-5,10-15H2,2H3,(H2,30,31,36). The molecule has 1 saturated heterocycles. The van der Waals surface area contributed by atoms with Crippen LogP contribution in [0.5, 0.6) is 0 Å². The van der Waals surface area contributed by atoms with Gasteiger partial charge in [0.2, 0.25) is 0 Å². The van der Waals surface area contributed by atoms with Crippen molar-refractivity contribution in [2.75, 3.05) is 41.8 Å². The Labute approximate surface area is 233 Å². The van der Waals surface area contributed by atoms with Crippen LogP contribution in [0.25, 0.3) is 11.4 Å². The number of amides is 2. The van der Waals surface area contributed by atoms with Crippen LogP contribution in [0.4, 0.5) is 22.0 Å². The van der Waals surface area contributed by atoms with Crippen LogP contribution in [0, 0.1) is 5.92 Å². The molecular formula is C28H33N7O4S. The highest BCUT2D eigenvalue weighted by Gasteiger charge is 2.61. The number of nitrogens with zero attached hydrogens (tertiary/aromatic N) is 5. The minimum atomic E-state index is -3.53. The Hall–Kier alpha value is -3.77. The first kappa shape index (κ1) is 26.5. The number of benzene rings is 1. The van der Waals surface area contributed by atoms with Gasteiger partial charge in [0.05, 0.1) is 36.0 Å². The molecule has 1 aromatic carbocycles. The zero-order chi connectivity index (χ0) is 27.9. The molecule has 3 heterocycles. The molecule has 0 bridgehead atoms. The van der Waals surface area contributed by atoms with Gasteiger partial charge in [-0.1, -0.05) is 6.08 Å². The number of aromatic nitrogens is 4. The predicted molar refractivity (Wildman–Crippen MR) is 153 cm³/mol. The third kappa shape index (κ3) is 5.08. The van der Waals surface area contributed by atoms with E-state index in [9.17, 15) is 13.2 Å². The number of aryl methyl sites for hydroxylation is 1. The second-order valence-corrected chi connectivity index (χ2v) is 13.1. The van der Waals surface area contributed by atoms with E-state index >= 15 is 0 Å². The van der Waals surface area contributed by atoms with Gasteiger partial charge in [0.15, 0.2) is 15.7 Å². The summed E-state index contributed by atoms with van der Waals surface area (Å²) in [4.78, 5) is 24.2. The van der Waals surface area contributed by atoms with Gasteiger partial charge in [0.1, 0.15) is 10.6 Å². The van der Waals surface area contributed by atoms with Gasteiger partial charge in [-0.2, -0.15) is 5.10 Å². The van der Waals surface area contributed by atoms with Crippen molar-refractivity contribution in [3.8, 4) is 11.4 Å². The largest absolute Gasteiger partial charge is 0.378 e. The van der Waals surface area contributed by atoms with Gasteiger partial charge in [-0.25, -0.2) is 23.2 Å². The maximum absolute atomic E-state index is 13.9. The van der Waals surface area contributed by atoms with Crippen molar-refractivity contribution in [2.24, 2.45) is 13.0 Å². The summed E-state index contributed by atoms with van der Waals surface area (Å²) in [6.45, 7) is 6.36. The van der Waals surface area contributed by atoms with E-state index < -0.39 is 19.8 Å². The predicted octanol–water partition coefficient (Wildman–Crippen LogP) is 3.73. The summed E-state index contributed by atoms with van der Waals surface area (Å²) in [6, 6.07) is 8.66. The van der Waals surface area contributed by atoms with Crippen molar-refractivity contribution in [3.63, 3.8) is 0 Å². The second-order valence-electron chi connectivity index (χ2n) is 10.7. The molecule has 3 aromatic rings. The van der Waals surface area contributed by atoms with Gasteiger partial charge in [-0.15, -0.1) is 6.58 Å². The molecule has 0 radical (unpaired) electrons. The zero-order valence-electron chi connectivity index (χ0n) is 22.4. The van der Waals surface area contributed by atoms with Crippen molar-refractivity contribution in [1.29, 1.82) is 0 Å². The van der Waals surface area contributed by atoms with E-state index in [0.717, 1.165) is 18.4 Å². The van der Waals surface area contributed by atoms with E-state index in [1.807, 2.05) is 18.2 Å². The van der Waals surface area contributed by atoms with E-state index in [1.165, 1.54) is 0 Å². The van der Waals surface area contributed by atoms with Crippen LogP contribution < -0.4 is 15.5 Å². The minimum Gasteiger partial charge on any atom is -0.378 e. The summed E-state index contributed by atoms with van der Waals surface area (Å²) in [5.41, 5.74) is 2.45. The van der Waals surface area contributed by atoms with Crippen molar-refractivity contribution >= 4 is 33.1 Å². The maximum atomic E-state index is 13.9. The third-order valence-corrected chi connectivity index (χ3v) is 10.8. The molecular weight excluding hydrogens is 530 g/mol. The number of urea groups is 1. The number of carbonyl (C=O) groups is 1. The number of sulfone groups is 1. The molecule has 1 unspecified atom stereocenters. The van der Waals surface area contributed by atoms with Crippen LogP contribution in [-0.4, -0.2) is 65.8 Å². The summed E-state index contributed by atoms with van der Waals surface area (Å²) in [5, 5.41) is 9.03. The molecule has 11 nitrogen and oxygen atoms in total. The Morgan fingerprint density at radius 1 is 1.12 bits per heavy atom. The van der Waals surface area contributed by atoms with Crippen molar-refractivity contribution in [3.05, 3.63) is 61.1 Å². The molecule has 1 aliphatic heterocycles. The lowest BCUT2D eigenvalue weighted by Crippen LogP contribution is -2.37. The first-order valence-corrected chi connectivity index (χ1v) is 15.1. The molecule has 2 aromatic heterocycles. The average Bonchev–Trinajstić information content (AvgIpc) is 3.88. The van der Waals surface area contributed by atoms with Gasteiger partial charge >= 0.3 is 6.03 Å². The van der Waals surface area contributed by atoms with Gasteiger partial charge in [-0.05, 0) is 55.9 Å². The summed E-state index contributed by atoms with van der Waals surface area (Å²) < 4.78 is 34.0. The lowest BCUT2D eigenvalue weighted by Gasteiger charge is -2.29. The molecule has 2 amide bonds. The number of rotatable bonds is 9. The second kappa shape index (κ2) is 10.3. The van der Waals surface area contributed by atoms with Crippen molar-refractivity contribution in [1.82, 2.24) is 19.7 Å². The van der Waals surface area contributed by atoms with E-state index in [4.69, 9.17) is 14.7 Å². The minimum absolute atomic E-state index is 0.149. The molecule has 2 aliphatic carbocycles. The Morgan fingerprint density at radius 3 is 2.42 bits per heavy atom. The molecule has 210 valence electrons. The van der Waals surface area contributed by atoms with Gasteiger partial charge in [-0.3, -0.25) is 4.68 Å². The highest BCUT2D eigenvalue weighted by molar-refractivity contribution is 7.93. The highest BCUT2D eigenvalue weighted by atomic mass is 32.2. The van der Waals surface area contributed by atoms with Crippen LogP contribution in [0.3, 0.4) is 0 Å². The molecule has 3 fully saturated rings. The lowest BCUT2D eigenvalue weighted by atomic mass is 10.1. The fraction of sp³-hybridized carbons (Fsp3) is 0.429. The fourth-order valence-electron chi connectivity index (χ4n) is 5.29. The number of nitrogens with one attached hydrogen (secondary N) is 2. The lowest BCUT2D eigenvalue weighted by molar-refractivity contribution is 0.122. The van der Waals surface area contributed by atoms with Gasteiger partial charge < -0.3 is 20.3 Å². The molecule has 6 rings (SSSR count).